The maximum atomic E-state index is 5.84. The average molecular weight is 227 g/mol. The number of hydrogen-bond acceptors (Lipinski definition) is 2. The first-order chi connectivity index (χ1) is 8.15. The molecule has 0 fully saturated rings. The second kappa shape index (κ2) is 5.02. The van der Waals surface area contributed by atoms with Gasteiger partial charge >= 0.3 is 0 Å². The summed E-state index contributed by atoms with van der Waals surface area (Å²) in [5, 5.41) is 0. The van der Waals surface area contributed by atoms with Crippen molar-refractivity contribution in [3.05, 3.63) is 59.7 Å². The lowest BCUT2D eigenvalue weighted by atomic mass is 10.1. The van der Waals surface area contributed by atoms with Gasteiger partial charge < -0.3 is 10.5 Å². The Balaban J connectivity index is 2.18. The minimum Gasteiger partial charge on any atom is -0.457 e. The van der Waals surface area contributed by atoms with E-state index in [-0.39, 0.29) is 6.04 Å². The summed E-state index contributed by atoms with van der Waals surface area (Å²) in [5.74, 6) is 1.67. The Labute approximate surface area is 102 Å². The molecule has 17 heavy (non-hydrogen) atoms. The SMILES string of the molecule is Cc1ccc(Oc2cccc(C(C)N)c2)cc1. The van der Waals surface area contributed by atoms with Gasteiger partial charge in [0, 0.05) is 6.04 Å². The number of aryl methyl sites for hydroxylation is 1. The highest BCUT2D eigenvalue weighted by Crippen LogP contribution is 2.24. The van der Waals surface area contributed by atoms with Crippen LogP contribution in [0.5, 0.6) is 11.5 Å². The Kier molecular flexibility index (Phi) is 3.45. The molecule has 88 valence electrons. The fourth-order valence-electron chi connectivity index (χ4n) is 1.60. The van der Waals surface area contributed by atoms with Crippen molar-refractivity contribution in [1.29, 1.82) is 0 Å². The molecular weight excluding hydrogens is 210 g/mol. The zero-order valence-corrected chi connectivity index (χ0v) is 10.2. The molecule has 0 aliphatic carbocycles. The monoisotopic (exact) mass is 227 g/mol. The number of hydrogen-bond donors (Lipinski definition) is 1. The maximum Gasteiger partial charge on any atom is 0.127 e. The molecule has 0 aliphatic rings. The topological polar surface area (TPSA) is 35.2 Å². The molecule has 0 heterocycles. The van der Waals surface area contributed by atoms with E-state index in [0.717, 1.165) is 17.1 Å². The highest BCUT2D eigenvalue weighted by molar-refractivity contribution is 5.35. The number of ether oxygens (including phenoxy) is 1. The van der Waals surface area contributed by atoms with E-state index in [2.05, 4.69) is 6.92 Å². The Morgan fingerprint density at radius 2 is 1.71 bits per heavy atom. The molecular formula is C15H17NO. The Bertz CT molecular complexity index is 489. The molecule has 2 nitrogen and oxygen atoms in total. The summed E-state index contributed by atoms with van der Waals surface area (Å²) in [6, 6.07) is 15.9. The van der Waals surface area contributed by atoms with E-state index in [4.69, 9.17) is 10.5 Å². The summed E-state index contributed by atoms with van der Waals surface area (Å²) < 4.78 is 5.77. The van der Waals surface area contributed by atoms with Gasteiger partial charge in [-0.25, -0.2) is 0 Å². The quantitative estimate of drug-likeness (QED) is 0.865. The van der Waals surface area contributed by atoms with Gasteiger partial charge in [0.25, 0.3) is 0 Å². The second-order valence-electron chi connectivity index (χ2n) is 4.28. The van der Waals surface area contributed by atoms with Crippen LogP contribution in [0.2, 0.25) is 0 Å². The molecule has 2 aromatic rings. The third kappa shape index (κ3) is 3.08. The predicted molar refractivity (Wildman–Crippen MR) is 70.3 cm³/mol. The molecule has 0 bridgehead atoms. The molecule has 2 N–H and O–H groups in total. The highest BCUT2D eigenvalue weighted by atomic mass is 16.5. The zero-order chi connectivity index (χ0) is 12.3. The molecule has 2 rings (SSSR count). The van der Waals surface area contributed by atoms with Crippen molar-refractivity contribution < 1.29 is 4.74 Å². The smallest absolute Gasteiger partial charge is 0.127 e. The van der Waals surface area contributed by atoms with E-state index < -0.39 is 0 Å². The van der Waals surface area contributed by atoms with Crippen molar-refractivity contribution in [1.82, 2.24) is 0 Å². The zero-order valence-electron chi connectivity index (χ0n) is 10.2. The summed E-state index contributed by atoms with van der Waals surface area (Å²) in [7, 11) is 0. The van der Waals surface area contributed by atoms with Crippen LogP contribution in [0.25, 0.3) is 0 Å². The lowest BCUT2D eigenvalue weighted by Gasteiger charge is -2.09. The third-order valence-corrected chi connectivity index (χ3v) is 2.64. The summed E-state index contributed by atoms with van der Waals surface area (Å²) in [6.45, 7) is 4.02. The molecule has 1 unspecified atom stereocenters. The Hall–Kier alpha value is -1.80. The molecule has 2 heteroatoms. The molecule has 0 spiro atoms. The Morgan fingerprint density at radius 3 is 2.35 bits per heavy atom. The van der Waals surface area contributed by atoms with Crippen molar-refractivity contribution in [3.63, 3.8) is 0 Å². The van der Waals surface area contributed by atoms with Crippen LogP contribution in [0.4, 0.5) is 0 Å². The van der Waals surface area contributed by atoms with E-state index in [9.17, 15) is 0 Å². The van der Waals surface area contributed by atoms with Crippen molar-refractivity contribution in [2.24, 2.45) is 5.73 Å². The lowest BCUT2D eigenvalue weighted by molar-refractivity contribution is 0.481. The summed E-state index contributed by atoms with van der Waals surface area (Å²) in [4.78, 5) is 0. The van der Waals surface area contributed by atoms with Gasteiger partial charge in [-0.2, -0.15) is 0 Å². The highest BCUT2D eigenvalue weighted by Gasteiger charge is 2.02. The molecule has 0 aliphatic heterocycles. The van der Waals surface area contributed by atoms with Crippen LogP contribution in [0.3, 0.4) is 0 Å². The number of nitrogens with two attached hydrogens (primary N) is 1. The van der Waals surface area contributed by atoms with Crippen LogP contribution in [0.1, 0.15) is 24.1 Å². The van der Waals surface area contributed by atoms with Crippen LogP contribution in [-0.4, -0.2) is 0 Å². The fourth-order valence-corrected chi connectivity index (χ4v) is 1.60. The van der Waals surface area contributed by atoms with Crippen LogP contribution in [0, 0.1) is 6.92 Å². The molecule has 0 radical (unpaired) electrons. The van der Waals surface area contributed by atoms with Crippen LogP contribution in [-0.2, 0) is 0 Å². The fraction of sp³-hybridized carbons (Fsp3) is 0.200. The first kappa shape index (κ1) is 11.7. The van der Waals surface area contributed by atoms with Gasteiger partial charge in [0.05, 0.1) is 0 Å². The van der Waals surface area contributed by atoms with Gasteiger partial charge in [0.1, 0.15) is 11.5 Å². The van der Waals surface area contributed by atoms with Crippen molar-refractivity contribution in [3.8, 4) is 11.5 Å². The second-order valence-corrected chi connectivity index (χ2v) is 4.28. The van der Waals surface area contributed by atoms with E-state index in [1.54, 1.807) is 0 Å². The Morgan fingerprint density at radius 1 is 1.00 bits per heavy atom. The van der Waals surface area contributed by atoms with Crippen molar-refractivity contribution >= 4 is 0 Å². The van der Waals surface area contributed by atoms with Crippen LogP contribution < -0.4 is 10.5 Å². The molecule has 0 amide bonds. The summed E-state index contributed by atoms with van der Waals surface area (Å²) >= 11 is 0. The molecule has 0 saturated carbocycles. The largest absolute Gasteiger partial charge is 0.457 e. The normalized spacial score (nSPS) is 12.2. The van der Waals surface area contributed by atoms with E-state index in [1.165, 1.54) is 5.56 Å². The van der Waals surface area contributed by atoms with Gasteiger partial charge in [0.15, 0.2) is 0 Å². The summed E-state index contributed by atoms with van der Waals surface area (Å²) in [5.41, 5.74) is 8.14. The lowest BCUT2D eigenvalue weighted by Crippen LogP contribution is -2.04. The van der Waals surface area contributed by atoms with Crippen LogP contribution >= 0.6 is 0 Å². The number of rotatable bonds is 3. The van der Waals surface area contributed by atoms with Gasteiger partial charge in [-0.1, -0.05) is 29.8 Å². The standard InChI is InChI=1S/C15H17NO/c1-11-6-8-14(9-7-11)17-15-5-3-4-13(10-15)12(2)16/h3-10,12H,16H2,1-2H3. The minimum atomic E-state index is 0.0246. The third-order valence-electron chi connectivity index (χ3n) is 2.64. The first-order valence-electron chi connectivity index (χ1n) is 5.75. The molecule has 2 aromatic carbocycles. The maximum absolute atomic E-state index is 5.84. The minimum absolute atomic E-state index is 0.0246. The average Bonchev–Trinajstić information content (AvgIpc) is 2.32. The predicted octanol–water partition coefficient (Wildman–Crippen LogP) is 3.81. The van der Waals surface area contributed by atoms with Gasteiger partial charge in [-0.15, -0.1) is 0 Å². The first-order valence-corrected chi connectivity index (χ1v) is 5.75. The van der Waals surface area contributed by atoms with E-state index in [1.807, 2.05) is 55.5 Å². The van der Waals surface area contributed by atoms with E-state index in [0.29, 0.717) is 0 Å². The van der Waals surface area contributed by atoms with E-state index >= 15 is 0 Å². The van der Waals surface area contributed by atoms with Crippen molar-refractivity contribution in [2.75, 3.05) is 0 Å². The van der Waals surface area contributed by atoms with Gasteiger partial charge in [0.2, 0.25) is 0 Å². The number of benzene rings is 2. The van der Waals surface area contributed by atoms with Crippen molar-refractivity contribution in [2.45, 2.75) is 19.9 Å². The van der Waals surface area contributed by atoms with Gasteiger partial charge in [-0.3, -0.25) is 0 Å². The molecule has 1 atom stereocenters. The molecule has 0 saturated heterocycles. The van der Waals surface area contributed by atoms with Gasteiger partial charge in [-0.05, 0) is 43.7 Å². The molecule has 0 aromatic heterocycles. The summed E-state index contributed by atoms with van der Waals surface area (Å²) in [6.07, 6.45) is 0. The van der Waals surface area contributed by atoms with Crippen LogP contribution in [0.15, 0.2) is 48.5 Å².